The number of nitrogens with zero attached hydrogens (tertiary/aromatic N) is 3. The van der Waals surface area contributed by atoms with Crippen LogP contribution in [0, 0.1) is 0 Å². The van der Waals surface area contributed by atoms with E-state index in [1.54, 1.807) is 65.8 Å². The predicted molar refractivity (Wildman–Crippen MR) is 182 cm³/mol. The number of amides is 4. The molecule has 0 aromatic heterocycles. The molecule has 0 spiro atoms. The molecular formula is C33H39N5O8S2. The quantitative estimate of drug-likeness (QED) is 0.198. The molecule has 0 saturated carbocycles. The molecule has 0 unspecified atom stereocenters. The van der Waals surface area contributed by atoms with Gasteiger partial charge in [-0.3, -0.25) is 14.5 Å². The van der Waals surface area contributed by atoms with E-state index in [9.17, 15) is 29.1 Å². The monoisotopic (exact) mass is 697 g/mol. The third-order valence-corrected chi connectivity index (χ3v) is 9.35. The van der Waals surface area contributed by atoms with Crippen molar-refractivity contribution < 1.29 is 38.6 Å². The van der Waals surface area contributed by atoms with Gasteiger partial charge in [0.2, 0.25) is 11.9 Å². The van der Waals surface area contributed by atoms with Gasteiger partial charge < -0.3 is 25.6 Å². The zero-order valence-electron chi connectivity index (χ0n) is 27.5. The largest absolute Gasteiger partial charge is 0.477 e. The maximum Gasteiger partial charge on any atom is 0.437 e. The van der Waals surface area contributed by atoms with Crippen LogP contribution in [0.15, 0.2) is 75.1 Å². The summed E-state index contributed by atoms with van der Waals surface area (Å²) in [4.78, 5) is 71.0. The molecule has 2 aliphatic heterocycles. The van der Waals surface area contributed by atoms with E-state index in [4.69, 9.17) is 15.2 Å². The van der Waals surface area contributed by atoms with Crippen LogP contribution in [0.5, 0.6) is 0 Å². The second kappa shape index (κ2) is 14.7. The minimum absolute atomic E-state index is 0.0921. The van der Waals surface area contributed by atoms with Crippen LogP contribution in [-0.2, 0) is 36.8 Å². The van der Waals surface area contributed by atoms with E-state index < -0.39 is 52.6 Å². The number of aliphatic imine (C=N–C) groups is 1. The van der Waals surface area contributed by atoms with Crippen molar-refractivity contribution in [2.45, 2.75) is 82.0 Å². The molecule has 4 rings (SSSR count). The fourth-order valence-electron chi connectivity index (χ4n) is 4.71. The number of carbonyl (C=O) groups is 5. The van der Waals surface area contributed by atoms with Crippen molar-refractivity contribution >= 4 is 59.5 Å². The Morgan fingerprint density at radius 1 is 1.02 bits per heavy atom. The highest BCUT2D eigenvalue weighted by atomic mass is 32.2. The number of nitrogens with two attached hydrogens (primary N) is 1. The molecule has 1 fully saturated rings. The summed E-state index contributed by atoms with van der Waals surface area (Å²) in [5.41, 5.74) is 5.57. The van der Waals surface area contributed by atoms with E-state index in [1.807, 2.05) is 30.3 Å². The molecule has 48 heavy (non-hydrogen) atoms. The van der Waals surface area contributed by atoms with Gasteiger partial charge in [-0.05, 0) is 58.7 Å². The van der Waals surface area contributed by atoms with Crippen molar-refractivity contribution in [1.82, 2.24) is 15.1 Å². The first-order valence-corrected chi connectivity index (χ1v) is 16.9. The maximum atomic E-state index is 13.3. The van der Waals surface area contributed by atoms with Crippen molar-refractivity contribution in [1.29, 1.82) is 0 Å². The summed E-state index contributed by atoms with van der Waals surface area (Å²) in [7, 11) is 0. The van der Waals surface area contributed by atoms with Gasteiger partial charge in [0.15, 0.2) is 0 Å². The van der Waals surface area contributed by atoms with E-state index in [-0.39, 0.29) is 30.3 Å². The van der Waals surface area contributed by atoms with Crippen LogP contribution in [0.2, 0.25) is 0 Å². The molecular weight excluding hydrogens is 659 g/mol. The van der Waals surface area contributed by atoms with E-state index in [0.717, 1.165) is 22.2 Å². The summed E-state index contributed by atoms with van der Waals surface area (Å²) in [6.07, 6.45) is -1.76. The number of guanidine groups is 1. The number of thioether (sulfide) groups is 2. The average molecular weight is 698 g/mol. The molecule has 2 heterocycles. The molecule has 13 nitrogen and oxygen atoms in total. The topological polar surface area (TPSA) is 181 Å². The lowest BCUT2D eigenvalue weighted by molar-refractivity contribution is -0.150. The van der Waals surface area contributed by atoms with E-state index in [2.05, 4.69) is 10.3 Å². The van der Waals surface area contributed by atoms with Crippen LogP contribution >= 0.6 is 23.5 Å². The van der Waals surface area contributed by atoms with E-state index in [0.29, 0.717) is 15.4 Å². The number of ether oxygens (including phenoxy) is 2. The summed E-state index contributed by atoms with van der Waals surface area (Å²) in [5.74, 6) is -2.34. The first kappa shape index (κ1) is 36.3. The highest BCUT2D eigenvalue weighted by Gasteiger charge is 2.54. The van der Waals surface area contributed by atoms with Gasteiger partial charge in [0.05, 0.1) is 13.0 Å². The maximum absolute atomic E-state index is 13.3. The van der Waals surface area contributed by atoms with Gasteiger partial charge in [-0.25, -0.2) is 19.3 Å². The molecule has 0 aliphatic carbocycles. The lowest BCUT2D eigenvalue weighted by Crippen LogP contribution is -2.70. The summed E-state index contributed by atoms with van der Waals surface area (Å²) in [5, 5.41) is 12.4. The normalized spacial score (nSPS) is 18.0. The second-order valence-electron chi connectivity index (χ2n) is 12.9. The summed E-state index contributed by atoms with van der Waals surface area (Å²) >= 11 is 2.47. The average Bonchev–Trinajstić information content (AvgIpc) is 2.97. The van der Waals surface area contributed by atoms with Gasteiger partial charge in [0, 0.05) is 15.6 Å². The number of nitrogens with one attached hydrogen (secondary N) is 1. The summed E-state index contributed by atoms with van der Waals surface area (Å²) < 4.78 is 10.8. The molecule has 0 radical (unpaired) electrons. The highest BCUT2D eigenvalue weighted by molar-refractivity contribution is 8.06. The summed E-state index contributed by atoms with van der Waals surface area (Å²) in [6, 6.07) is 15.2. The van der Waals surface area contributed by atoms with Crippen LogP contribution in [0.3, 0.4) is 0 Å². The third kappa shape index (κ3) is 9.31. The van der Waals surface area contributed by atoms with Crippen LogP contribution in [-0.4, -0.2) is 79.2 Å². The molecule has 4 N–H and O–H groups in total. The number of rotatable bonds is 8. The highest BCUT2D eigenvalue weighted by Crippen LogP contribution is 2.45. The second-order valence-corrected chi connectivity index (χ2v) is 15.2. The molecule has 4 amide bonds. The number of carboxylic acid groups (broad SMARTS) is 1. The summed E-state index contributed by atoms with van der Waals surface area (Å²) in [6.45, 7) is 9.85. The number of aliphatic carboxylic acids is 1. The number of hydrogen-bond donors (Lipinski definition) is 3. The zero-order chi connectivity index (χ0) is 35.4. The van der Waals surface area contributed by atoms with Crippen LogP contribution < -0.4 is 11.1 Å². The first-order chi connectivity index (χ1) is 22.4. The Balaban J connectivity index is 1.57. The van der Waals surface area contributed by atoms with Crippen molar-refractivity contribution in [2.75, 3.05) is 5.75 Å². The van der Waals surface area contributed by atoms with Gasteiger partial charge in [-0.1, -0.05) is 60.3 Å². The molecule has 0 bridgehead atoms. The Morgan fingerprint density at radius 3 is 2.27 bits per heavy atom. The molecule has 2 aliphatic rings. The van der Waals surface area contributed by atoms with Crippen LogP contribution in [0.25, 0.3) is 0 Å². The fourth-order valence-corrected chi connectivity index (χ4v) is 7.30. The fraction of sp³-hybridized carbons (Fsp3) is 0.394. The molecule has 2 aromatic rings. The van der Waals surface area contributed by atoms with E-state index >= 15 is 0 Å². The smallest absolute Gasteiger partial charge is 0.437 e. The Hall–Kier alpha value is -4.50. The first-order valence-electron chi connectivity index (χ1n) is 15.0. The number of hydrogen-bond acceptors (Lipinski definition) is 9. The van der Waals surface area contributed by atoms with Crippen molar-refractivity contribution in [3.8, 4) is 0 Å². The zero-order valence-corrected chi connectivity index (χ0v) is 29.1. The Kier molecular flexibility index (Phi) is 11.1. The minimum Gasteiger partial charge on any atom is -0.477 e. The number of fused-ring (bicyclic) bond motifs is 1. The molecule has 2 atom stereocenters. The van der Waals surface area contributed by atoms with Crippen molar-refractivity contribution in [3.63, 3.8) is 0 Å². The van der Waals surface area contributed by atoms with Gasteiger partial charge in [0.25, 0.3) is 5.91 Å². The predicted octanol–water partition coefficient (Wildman–Crippen LogP) is 4.70. The van der Waals surface area contributed by atoms with Crippen molar-refractivity contribution in [3.05, 3.63) is 76.3 Å². The molecule has 256 valence electrons. The van der Waals surface area contributed by atoms with Gasteiger partial charge >= 0.3 is 18.2 Å². The van der Waals surface area contributed by atoms with Gasteiger partial charge in [0.1, 0.15) is 28.3 Å². The van der Waals surface area contributed by atoms with Crippen molar-refractivity contribution in [2.24, 2.45) is 10.7 Å². The van der Waals surface area contributed by atoms with Crippen LogP contribution in [0.1, 0.15) is 52.7 Å². The third-order valence-electron chi connectivity index (χ3n) is 6.68. The van der Waals surface area contributed by atoms with E-state index in [1.165, 1.54) is 16.7 Å². The molecule has 15 heteroatoms. The number of carbonyl (C=O) groups excluding carboxylic acids is 4. The number of carboxylic acids is 1. The van der Waals surface area contributed by atoms with Gasteiger partial charge in [-0.2, -0.15) is 0 Å². The Morgan fingerprint density at radius 2 is 1.65 bits per heavy atom. The standard InChI is InChI=1S/C33H39N5O8S2/c1-32(2,3)45-30(43)36-29(34)37(31(44)46-33(4,5)6)17-20-14-10-11-15-21(20)48-22-18-47-27-24(26(40)38(27)25(22)28(41)42)35-23(39)16-19-12-8-7-9-13-19/h7-15,24,27H,16-18H2,1-6H3,(H,35,39)(H,41,42)(H2,34,36,43)/t24-,27+/m1/s1. The minimum atomic E-state index is -1.29. The Bertz CT molecular complexity index is 1650. The SMILES string of the molecule is CC(C)(C)OC(=O)N=C(N)N(Cc1ccccc1SC1=C(C(=O)O)N2C(=O)[C@@H](NC(=O)Cc3ccccc3)[C@@H]2SC1)C(=O)OC(C)(C)C. The Labute approximate surface area is 287 Å². The molecule has 2 aromatic carbocycles. The number of β-lactam (4-membered cyclic amide) rings is 1. The number of benzene rings is 2. The lowest BCUT2D eigenvalue weighted by atomic mass is 10.0. The lowest BCUT2D eigenvalue weighted by Gasteiger charge is -2.49. The van der Waals surface area contributed by atoms with Gasteiger partial charge in [-0.15, -0.1) is 16.8 Å². The molecule has 1 saturated heterocycles. The van der Waals surface area contributed by atoms with Crippen LogP contribution in [0.4, 0.5) is 9.59 Å².